The number of hydrogen-bond donors (Lipinski definition) is 3. The molecule has 126 valence electrons. The second-order valence-electron chi connectivity index (χ2n) is 5.56. The molecule has 1 aromatic rings. The molecular formula is C15H21N2O6+. The summed E-state index contributed by atoms with van der Waals surface area (Å²) in [7, 11) is 0. The maximum Gasteiger partial charge on any atom is 0.322 e. The molecule has 1 aliphatic heterocycles. The fourth-order valence-electron chi connectivity index (χ4n) is 2.27. The number of aliphatic hydroxyl groups excluding tert-OH is 2. The lowest BCUT2D eigenvalue weighted by Gasteiger charge is -2.14. The zero-order valence-corrected chi connectivity index (χ0v) is 13.0. The maximum atomic E-state index is 11.4. The summed E-state index contributed by atoms with van der Waals surface area (Å²) in [5.41, 5.74) is 5.83. The number of carbonyl (C=O) groups is 2. The largest absolute Gasteiger partial charge is 0.462 e. The first-order chi connectivity index (χ1) is 10.8. The number of nitrogens with zero attached hydrogens (tertiary/aromatic N) is 1. The zero-order valence-electron chi connectivity index (χ0n) is 13.0. The number of Topliss-reactive ketones (excluding diaryl/α,β-unsaturated/α-hetero) is 1. The SMILES string of the molecule is CC(=O)c1ccc[n+]([C@@H]2O[C@H](COC(=O)[C@H](C)N)[C@@H](O)[C@H]2O)c1. The van der Waals surface area contributed by atoms with Crippen LogP contribution in [0.2, 0.25) is 0 Å². The Bertz CT molecular complexity index is 591. The van der Waals surface area contributed by atoms with Crippen molar-refractivity contribution in [2.75, 3.05) is 6.61 Å². The van der Waals surface area contributed by atoms with Gasteiger partial charge < -0.3 is 25.4 Å². The van der Waals surface area contributed by atoms with Crippen LogP contribution in [0, 0.1) is 0 Å². The van der Waals surface area contributed by atoms with Crippen molar-refractivity contribution in [1.29, 1.82) is 0 Å². The van der Waals surface area contributed by atoms with E-state index in [1.165, 1.54) is 24.6 Å². The molecule has 1 saturated heterocycles. The van der Waals surface area contributed by atoms with Crippen molar-refractivity contribution in [3.63, 3.8) is 0 Å². The van der Waals surface area contributed by atoms with E-state index in [2.05, 4.69) is 0 Å². The molecule has 2 heterocycles. The van der Waals surface area contributed by atoms with Crippen molar-refractivity contribution in [3.05, 3.63) is 30.1 Å². The third kappa shape index (κ3) is 3.91. The number of ether oxygens (including phenoxy) is 2. The summed E-state index contributed by atoms with van der Waals surface area (Å²) >= 11 is 0. The molecule has 0 aliphatic carbocycles. The molecule has 0 unspecified atom stereocenters. The Morgan fingerprint density at radius 3 is 2.74 bits per heavy atom. The third-order valence-electron chi connectivity index (χ3n) is 3.62. The van der Waals surface area contributed by atoms with Crippen LogP contribution in [0.25, 0.3) is 0 Å². The average Bonchev–Trinajstić information content (AvgIpc) is 2.80. The predicted molar refractivity (Wildman–Crippen MR) is 77.2 cm³/mol. The molecule has 0 bridgehead atoms. The molecule has 0 saturated carbocycles. The summed E-state index contributed by atoms with van der Waals surface area (Å²) in [6.45, 7) is 2.69. The molecular weight excluding hydrogens is 304 g/mol. The topological polar surface area (TPSA) is 123 Å². The van der Waals surface area contributed by atoms with Crippen molar-refractivity contribution in [2.24, 2.45) is 5.73 Å². The van der Waals surface area contributed by atoms with Crippen molar-refractivity contribution in [3.8, 4) is 0 Å². The van der Waals surface area contributed by atoms with Gasteiger partial charge in [0, 0.05) is 6.07 Å². The summed E-state index contributed by atoms with van der Waals surface area (Å²) in [4.78, 5) is 22.8. The van der Waals surface area contributed by atoms with Gasteiger partial charge in [-0.05, 0) is 19.9 Å². The molecule has 0 aromatic carbocycles. The van der Waals surface area contributed by atoms with Gasteiger partial charge in [-0.3, -0.25) is 9.59 Å². The maximum absolute atomic E-state index is 11.4. The van der Waals surface area contributed by atoms with Crippen molar-refractivity contribution in [2.45, 2.75) is 44.4 Å². The van der Waals surface area contributed by atoms with Crippen LogP contribution in [-0.4, -0.2) is 52.9 Å². The lowest BCUT2D eigenvalue weighted by molar-refractivity contribution is -0.765. The van der Waals surface area contributed by atoms with Gasteiger partial charge in [0.1, 0.15) is 24.9 Å². The first-order valence-electron chi connectivity index (χ1n) is 7.27. The highest BCUT2D eigenvalue weighted by Gasteiger charge is 2.48. The predicted octanol–water partition coefficient (Wildman–Crippen LogP) is -1.31. The number of carbonyl (C=O) groups excluding carboxylic acids is 2. The molecule has 8 heteroatoms. The minimum atomic E-state index is -1.23. The van der Waals surface area contributed by atoms with E-state index >= 15 is 0 Å². The molecule has 8 nitrogen and oxygen atoms in total. The number of nitrogens with two attached hydrogens (primary N) is 1. The standard InChI is InChI=1S/C15H21N2O6/c1-8(16)15(21)22-7-11-12(19)13(20)14(23-11)17-5-3-4-10(6-17)9(2)18/h3-6,8,11-14,19-20H,7,16H2,1-2H3/q+1/t8-,11+,12+,13+,14+/m0/s1. The van der Waals surface area contributed by atoms with Crippen LogP contribution in [0.4, 0.5) is 0 Å². The van der Waals surface area contributed by atoms with Gasteiger partial charge in [-0.1, -0.05) is 0 Å². The minimum Gasteiger partial charge on any atom is -0.462 e. The highest BCUT2D eigenvalue weighted by Crippen LogP contribution is 2.25. The third-order valence-corrected chi connectivity index (χ3v) is 3.62. The summed E-state index contributed by atoms with van der Waals surface area (Å²) in [5, 5.41) is 20.2. The number of aromatic nitrogens is 1. The van der Waals surface area contributed by atoms with E-state index in [0.717, 1.165) is 0 Å². The smallest absolute Gasteiger partial charge is 0.322 e. The zero-order chi connectivity index (χ0) is 17.1. The first-order valence-corrected chi connectivity index (χ1v) is 7.27. The molecule has 0 spiro atoms. The molecule has 1 aromatic heterocycles. The number of rotatable bonds is 5. The van der Waals surface area contributed by atoms with Crippen molar-refractivity contribution >= 4 is 11.8 Å². The van der Waals surface area contributed by atoms with Gasteiger partial charge in [-0.15, -0.1) is 0 Å². The van der Waals surface area contributed by atoms with Crippen LogP contribution < -0.4 is 10.3 Å². The van der Waals surface area contributed by atoms with Crippen molar-refractivity contribution < 1.29 is 33.8 Å². The second kappa shape index (κ2) is 7.14. The second-order valence-corrected chi connectivity index (χ2v) is 5.56. The van der Waals surface area contributed by atoms with E-state index in [1.54, 1.807) is 18.3 Å². The number of pyridine rings is 1. The molecule has 5 atom stereocenters. The van der Waals surface area contributed by atoms with Crippen LogP contribution in [0.3, 0.4) is 0 Å². The number of esters is 1. The molecule has 0 radical (unpaired) electrons. The monoisotopic (exact) mass is 325 g/mol. The highest BCUT2D eigenvalue weighted by molar-refractivity contribution is 5.93. The first kappa shape index (κ1) is 17.5. The van der Waals surface area contributed by atoms with E-state index in [9.17, 15) is 19.8 Å². The van der Waals surface area contributed by atoms with Gasteiger partial charge in [0.25, 0.3) is 6.23 Å². The lowest BCUT2D eigenvalue weighted by atomic mass is 10.1. The normalized spacial score (nSPS) is 28.4. The van der Waals surface area contributed by atoms with Gasteiger partial charge in [-0.2, -0.15) is 4.57 Å². The summed E-state index contributed by atoms with van der Waals surface area (Å²) in [6.07, 6.45) is -1.08. The fourth-order valence-corrected chi connectivity index (χ4v) is 2.27. The average molecular weight is 325 g/mol. The minimum absolute atomic E-state index is 0.130. The Labute approximate surface area is 133 Å². The molecule has 0 amide bonds. The Morgan fingerprint density at radius 1 is 1.43 bits per heavy atom. The molecule has 23 heavy (non-hydrogen) atoms. The van der Waals surface area contributed by atoms with E-state index in [-0.39, 0.29) is 12.4 Å². The Hall–Kier alpha value is -1.87. The quantitative estimate of drug-likeness (QED) is 0.349. The summed E-state index contributed by atoms with van der Waals surface area (Å²) < 4.78 is 12.0. The van der Waals surface area contributed by atoms with E-state index in [1.807, 2.05) is 0 Å². The van der Waals surface area contributed by atoms with E-state index in [4.69, 9.17) is 15.2 Å². The van der Waals surface area contributed by atoms with Crippen LogP contribution in [0.15, 0.2) is 24.5 Å². The summed E-state index contributed by atoms with van der Waals surface area (Å²) in [6, 6.07) is 2.50. The van der Waals surface area contributed by atoms with Crippen LogP contribution >= 0.6 is 0 Å². The van der Waals surface area contributed by atoms with Gasteiger partial charge >= 0.3 is 5.97 Å². The Morgan fingerprint density at radius 2 is 2.13 bits per heavy atom. The Kier molecular flexibility index (Phi) is 5.42. The van der Waals surface area contributed by atoms with Gasteiger partial charge in [0.15, 0.2) is 24.3 Å². The van der Waals surface area contributed by atoms with E-state index in [0.29, 0.717) is 5.56 Å². The van der Waals surface area contributed by atoms with Crippen LogP contribution in [0.5, 0.6) is 0 Å². The molecule has 1 aliphatic rings. The Balaban J connectivity index is 2.09. The van der Waals surface area contributed by atoms with E-state index < -0.39 is 36.6 Å². The van der Waals surface area contributed by atoms with Gasteiger partial charge in [0.2, 0.25) is 0 Å². The van der Waals surface area contributed by atoms with Crippen LogP contribution in [-0.2, 0) is 14.3 Å². The molecule has 4 N–H and O–H groups in total. The summed E-state index contributed by atoms with van der Waals surface area (Å²) in [5.74, 6) is -0.750. The number of ketones is 1. The lowest BCUT2D eigenvalue weighted by Crippen LogP contribution is -2.46. The van der Waals surface area contributed by atoms with Crippen LogP contribution in [0.1, 0.15) is 30.4 Å². The number of hydrogen-bond acceptors (Lipinski definition) is 7. The van der Waals surface area contributed by atoms with Gasteiger partial charge in [0.05, 0.1) is 5.56 Å². The molecule has 2 rings (SSSR count). The highest BCUT2D eigenvalue weighted by atomic mass is 16.6. The number of aliphatic hydroxyl groups is 2. The van der Waals surface area contributed by atoms with Gasteiger partial charge in [-0.25, -0.2) is 0 Å². The molecule has 1 fully saturated rings. The fraction of sp³-hybridized carbons (Fsp3) is 0.533. The van der Waals surface area contributed by atoms with Crippen molar-refractivity contribution in [1.82, 2.24) is 0 Å².